The van der Waals surface area contributed by atoms with Crippen molar-refractivity contribution in [2.45, 2.75) is 50.9 Å². The number of hydrogen-bond donors (Lipinski definition) is 2. The van der Waals surface area contributed by atoms with Gasteiger partial charge in [-0.15, -0.1) is 0 Å². The van der Waals surface area contributed by atoms with Gasteiger partial charge in [-0.3, -0.25) is 4.79 Å². The molecule has 0 aromatic heterocycles. The van der Waals surface area contributed by atoms with Crippen LogP contribution in [0, 0.1) is 0 Å². The number of cyclic esters (lactones) is 1. The average molecular weight is 491 g/mol. The largest absolute Gasteiger partial charge is 0.507 e. The second-order valence-electron chi connectivity index (χ2n) is 8.49. The number of phenols is 2. The fourth-order valence-electron chi connectivity index (χ4n) is 4.07. The highest BCUT2D eigenvalue weighted by Crippen LogP contribution is 2.38. The lowest BCUT2D eigenvalue weighted by Gasteiger charge is -2.17. The van der Waals surface area contributed by atoms with Crippen LogP contribution in [0.25, 0.3) is 0 Å². The van der Waals surface area contributed by atoms with Crippen molar-refractivity contribution in [3.8, 4) is 11.5 Å². The molecule has 1 aromatic carbocycles. The van der Waals surface area contributed by atoms with Gasteiger partial charge < -0.3 is 29.4 Å². The Kier molecular flexibility index (Phi) is 7.43. The number of ether oxygens (including phenoxy) is 2. The molecule has 9 nitrogen and oxygen atoms in total. The maximum Gasteiger partial charge on any atom is 0.342 e. The number of rotatable bonds is 4. The number of epoxide rings is 1. The van der Waals surface area contributed by atoms with Crippen LogP contribution >= 0.6 is 11.6 Å². The minimum absolute atomic E-state index is 0.0187. The Bertz CT molecular complexity index is 1050. The molecule has 3 atom stereocenters. The Balaban J connectivity index is 1.61. The first-order chi connectivity index (χ1) is 16.3. The summed E-state index contributed by atoms with van der Waals surface area (Å²) in [5, 5.41) is 24.7. The van der Waals surface area contributed by atoms with Gasteiger partial charge in [0.15, 0.2) is 0 Å². The monoisotopic (exact) mass is 490 g/mol. The summed E-state index contributed by atoms with van der Waals surface area (Å²) in [5.74, 6) is -1.48. The molecule has 182 valence electrons. The van der Waals surface area contributed by atoms with Crippen LogP contribution in [-0.2, 0) is 25.5 Å². The fourth-order valence-corrected chi connectivity index (χ4v) is 4.29. The molecule has 0 radical (unpaired) electrons. The number of carbonyl (C=O) groups is 2. The van der Waals surface area contributed by atoms with E-state index >= 15 is 0 Å². The number of hydrogen-bond acceptors (Lipinski definition) is 8. The second-order valence-corrected chi connectivity index (χ2v) is 8.87. The van der Waals surface area contributed by atoms with Crippen molar-refractivity contribution < 1.29 is 34.1 Å². The highest BCUT2D eigenvalue weighted by molar-refractivity contribution is 6.33. The third-order valence-electron chi connectivity index (χ3n) is 5.88. The average Bonchev–Trinajstić information content (AvgIpc) is 3.38. The molecule has 0 spiro atoms. The minimum atomic E-state index is -0.761. The second kappa shape index (κ2) is 10.5. The van der Waals surface area contributed by atoms with Gasteiger partial charge in [0.1, 0.15) is 35.9 Å². The molecule has 3 unspecified atom stereocenters. The van der Waals surface area contributed by atoms with Crippen LogP contribution in [0.2, 0.25) is 5.02 Å². The number of fused-ring (bicyclic) bond motifs is 2. The molecule has 2 saturated heterocycles. The first kappa shape index (κ1) is 24.1. The van der Waals surface area contributed by atoms with E-state index in [0.29, 0.717) is 31.6 Å². The van der Waals surface area contributed by atoms with E-state index in [-0.39, 0.29) is 53.0 Å². The van der Waals surface area contributed by atoms with E-state index in [0.717, 1.165) is 12.5 Å². The summed E-state index contributed by atoms with van der Waals surface area (Å²) in [6.45, 7) is 3.07. The molecule has 1 aromatic rings. The summed E-state index contributed by atoms with van der Waals surface area (Å²) in [6.07, 6.45) is 8.46. The van der Waals surface area contributed by atoms with Crippen LogP contribution in [0.15, 0.2) is 35.5 Å². The molecule has 2 fully saturated rings. The van der Waals surface area contributed by atoms with E-state index in [2.05, 4.69) is 5.16 Å². The Morgan fingerprint density at radius 3 is 2.85 bits per heavy atom. The number of oxime groups is 1. The number of nitrogens with zero attached hydrogens (tertiary/aromatic N) is 2. The lowest BCUT2D eigenvalue weighted by Crippen LogP contribution is -2.28. The van der Waals surface area contributed by atoms with Crippen LogP contribution in [0.4, 0.5) is 0 Å². The summed E-state index contributed by atoms with van der Waals surface area (Å²) in [5.41, 5.74) is 0.413. The highest BCUT2D eigenvalue weighted by Gasteiger charge is 2.38. The van der Waals surface area contributed by atoms with Crippen LogP contribution in [0.1, 0.15) is 42.1 Å². The van der Waals surface area contributed by atoms with Crippen LogP contribution in [0.3, 0.4) is 0 Å². The van der Waals surface area contributed by atoms with Crippen molar-refractivity contribution in [1.82, 2.24) is 4.90 Å². The number of benzene rings is 1. The first-order valence-electron chi connectivity index (χ1n) is 11.2. The van der Waals surface area contributed by atoms with Crippen LogP contribution in [-0.4, -0.2) is 70.7 Å². The predicted molar refractivity (Wildman–Crippen MR) is 124 cm³/mol. The molecule has 34 heavy (non-hydrogen) atoms. The maximum atomic E-state index is 12.9. The third kappa shape index (κ3) is 5.71. The molecule has 2 N–H and O–H groups in total. The summed E-state index contributed by atoms with van der Waals surface area (Å²) >= 11 is 6.33. The van der Waals surface area contributed by atoms with Crippen molar-refractivity contribution in [3.05, 3.63) is 46.5 Å². The smallest absolute Gasteiger partial charge is 0.342 e. The quantitative estimate of drug-likeness (QED) is 0.288. The topological polar surface area (TPSA) is 121 Å². The van der Waals surface area contributed by atoms with Gasteiger partial charge >= 0.3 is 5.97 Å². The molecule has 3 aliphatic rings. The zero-order chi connectivity index (χ0) is 24.2. The first-order valence-corrected chi connectivity index (χ1v) is 11.6. The van der Waals surface area contributed by atoms with Gasteiger partial charge in [0.2, 0.25) is 5.91 Å². The number of carbonyl (C=O) groups excluding carboxylic acids is 2. The van der Waals surface area contributed by atoms with Gasteiger partial charge in [0.25, 0.3) is 0 Å². The Morgan fingerprint density at radius 2 is 2.09 bits per heavy atom. The molecule has 0 saturated carbocycles. The minimum Gasteiger partial charge on any atom is -0.507 e. The van der Waals surface area contributed by atoms with E-state index < -0.39 is 17.8 Å². The maximum absolute atomic E-state index is 12.9. The van der Waals surface area contributed by atoms with Crippen molar-refractivity contribution in [2.75, 3.05) is 19.7 Å². The number of esters is 1. The number of phenolic OH excluding ortho intramolecular Hbond substituents is 2. The van der Waals surface area contributed by atoms with E-state index in [1.807, 2.05) is 12.2 Å². The number of aromatic hydroxyl groups is 2. The van der Waals surface area contributed by atoms with E-state index in [9.17, 15) is 19.8 Å². The third-order valence-corrected chi connectivity index (χ3v) is 6.31. The molecular formula is C24H27ClN2O7. The summed E-state index contributed by atoms with van der Waals surface area (Å²) < 4.78 is 11.1. The molecule has 3 aliphatic heterocycles. The van der Waals surface area contributed by atoms with Crippen LogP contribution in [0.5, 0.6) is 11.5 Å². The molecule has 0 aliphatic carbocycles. The van der Waals surface area contributed by atoms with Gasteiger partial charge in [0, 0.05) is 31.9 Å². The van der Waals surface area contributed by atoms with Crippen molar-refractivity contribution in [2.24, 2.45) is 5.16 Å². The number of allylic oxidation sites excluding steroid dienone is 3. The Labute approximate surface area is 202 Å². The van der Waals surface area contributed by atoms with Gasteiger partial charge in [0.05, 0.1) is 23.4 Å². The molecular weight excluding hydrogens is 464 g/mol. The number of halogens is 1. The summed E-state index contributed by atoms with van der Waals surface area (Å²) in [6, 6.07) is 1.01. The highest BCUT2D eigenvalue weighted by atomic mass is 35.5. The number of amides is 1. The fraction of sp³-hybridized carbons (Fsp3) is 0.458. The van der Waals surface area contributed by atoms with E-state index in [4.69, 9.17) is 25.9 Å². The lowest BCUT2D eigenvalue weighted by molar-refractivity contribution is -0.128. The molecule has 10 heteroatoms. The van der Waals surface area contributed by atoms with Crippen molar-refractivity contribution >= 4 is 29.2 Å². The van der Waals surface area contributed by atoms with Crippen LogP contribution < -0.4 is 0 Å². The summed E-state index contributed by atoms with van der Waals surface area (Å²) in [7, 11) is 0. The normalized spacial score (nSPS) is 28.0. The van der Waals surface area contributed by atoms with Gasteiger partial charge in [-0.2, -0.15) is 0 Å². The molecule has 3 heterocycles. The lowest BCUT2D eigenvalue weighted by atomic mass is 9.99. The standard InChI is InChI=1S/C24H27ClN2O7/c1-14-11-20-19(34-20)6-3-2-5-15(26-32-10-9-27-8-4-7-21(27)30)12-16-22(24(31)33-14)17(28)13-18(29)23(16)25/h2-3,5-6,13-14,19-20,28-29H,4,7-12H2,1H3/b5-2+,6-3-,26-15+. The van der Waals surface area contributed by atoms with Gasteiger partial charge in [-0.1, -0.05) is 35.0 Å². The van der Waals surface area contributed by atoms with Gasteiger partial charge in [-0.05, 0) is 25.0 Å². The molecule has 0 bridgehead atoms. The van der Waals surface area contributed by atoms with E-state index in [1.165, 1.54) is 0 Å². The zero-order valence-corrected chi connectivity index (χ0v) is 19.5. The Morgan fingerprint density at radius 1 is 1.26 bits per heavy atom. The van der Waals surface area contributed by atoms with Crippen molar-refractivity contribution in [3.63, 3.8) is 0 Å². The molecule has 4 rings (SSSR count). The van der Waals surface area contributed by atoms with Gasteiger partial charge in [-0.25, -0.2) is 4.79 Å². The SMILES string of the molecule is CC1CC2OC2\C=C/C=C/C(=N\OCCN2CCCC2=O)Cc2c(Cl)c(O)cc(O)c2C(=O)O1. The number of likely N-dealkylation sites (tertiary alicyclic amines) is 1. The molecule has 1 amide bonds. The Hall–Kier alpha value is -3.04. The predicted octanol–water partition coefficient (Wildman–Crippen LogP) is 3.12. The van der Waals surface area contributed by atoms with Crippen molar-refractivity contribution in [1.29, 1.82) is 0 Å². The zero-order valence-electron chi connectivity index (χ0n) is 18.8. The van der Waals surface area contributed by atoms with E-state index in [1.54, 1.807) is 24.0 Å². The summed E-state index contributed by atoms with van der Waals surface area (Å²) in [4.78, 5) is 31.9.